The van der Waals surface area contributed by atoms with Crippen LogP contribution in [0, 0.1) is 0 Å². The Labute approximate surface area is 109 Å². The Kier molecular flexibility index (Phi) is 4.41. The average molecular weight is 272 g/mol. The van der Waals surface area contributed by atoms with Crippen LogP contribution in [0.5, 0.6) is 5.75 Å². The molecule has 18 heavy (non-hydrogen) atoms. The van der Waals surface area contributed by atoms with Crippen LogP contribution in [-0.2, 0) is 0 Å². The SMILES string of the molecule is CC1CCSC(Nc2ccc(OC(F)F)cc2)=N1. The molecule has 0 aromatic heterocycles. The summed E-state index contributed by atoms with van der Waals surface area (Å²) < 4.78 is 28.2. The summed E-state index contributed by atoms with van der Waals surface area (Å²) in [6.45, 7) is -0.719. The van der Waals surface area contributed by atoms with Crippen LogP contribution in [0.3, 0.4) is 0 Å². The number of nitrogens with one attached hydrogen (secondary N) is 1. The highest BCUT2D eigenvalue weighted by molar-refractivity contribution is 8.14. The third-order valence-corrected chi connectivity index (χ3v) is 3.36. The molecule has 0 fully saturated rings. The molecule has 0 radical (unpaired) electrons. The summed E-state index contributed by atoms with van der Waals surface area (Å²) >= 11 is 1.66. The predicted octanol–water partition coefficient (Wildman–Crippen LogP) is 3.58. The standard InChI is InChI=1S/C12H14F2N2OS/c1-8-6-7-18-12(15-8)16-9-2-4-10(5-3-9)17-11(13)14/h2-5,8,11H,6-7H2,1H3,(H,15,16). The van der Waals surface area contributed by atoms with Gasteiger partial charge in [-0.25, -0.2) is 0 Å². The summed E-state index contributed by atoms with van der Waals surface area (Å²) in [6, 6.07) is 6.73. The van der Waals surface area contributed by atoms with Gasteiger partial charge in [0.25, 0.3) is 0 Å². The molecule has 98 valence electrons. The minimum Gasteiger partial charge on any atom is -0.435 e. The number of amidine groups is 1. The maximum atomic E-state index is 12.0. The quantitative estimate of drug-likeness (QED) is 0.913. The molecule has 0 aliphatic carbocycles. The lowest BCUT2D eigenvalue weighted by molar-refractivity contribution is -0.0498. The first-order chi connectivity index (χ1) is 8.63. The second-order valence-electron chi connectivity index (χ2n) is 3.95. The van der Waals surface area contributed by atoms with Gasteiger partial charge in [-0.1, -0.05) is 11.8 Å². The number of anilines is 1. The van der Waals surface area contributed by atoms with E-state index >= 15 is 0 Å². The van der Waals surface area contributed by atoms with Crippen LogP contribution in [-0.4, -0.2) is 23.6 Å². The molecule has 1 aliphatic heterocycles. The molecular weight excluding hydrogens is 258 g/mol. The van der Waals surface area contributed by atoms with Crippen molar-refractivity contribution < 1.29 is 13.5 Å². The minimum absolute atomic E-state index is 0.155. The van der Waals surface area contributed by atoms with Crippen molar-refractivity contribution in [1.29, 1.82) is 0 Å². The number of halogens is 2. The Morgan fingerprint density at radius 3 is 2.72 bits per heavy atom. The van der Waals surface area contributed by atoms with Crippen molar-refractivity contribution in [2.24, 2.45) is 4.99 Å². The van der Waals surface area contributed by atoms with E-state index in [-0.39, 0.29) is 5.75 Å². The number of aliphatic imine (C=N–C) groups is 1. The van der Waals surface area contributed by atoms with Gasteiger partial charge in [0.1, 0.15) is 5.75 Å². The minimum atomic E-state index is -2.79. The maximum absolute atomic E-state index is 12.0. The van der Waals surface area contributed by atoms with Gasteiger partial charge in [-0.2, -0.15) is 8.78 Å². The maximum Gasteiger partial charge on any atom is 0.387 e. The molecule has 2 rings (SSSR count). The van der Waals surface area contributed by atoms with E-state index in [0.717, 1.165) is 23.0 Å². The summed E-state index contributed by atoms with van der Waals surface area (Å²) in [6.07, 6.45) is 1.08. The van der Waals surface area contributed by atoms with Gasteiger partial charge < -0.3 is 10.1 Å². The van der Waals surface area contributed by atoms with Crippen molar-refractivity contribution >= 4 is 22.6 Å². The van der Waals surface area contributed by atoms with Crippen LogP contribution in [0.2, 0.25) is 0 Å². The molecule has 0 spiro atoms. The van der Waals surface area contributed by atoms with E-state index in [2.05, 4.69) is 22.0 Å². The Morgan fingerprint density at radius 2 is 2.11 bits per heavy atom. The zero-order valence-corrected chi connectivity index (χ0v) is 10.7. The predicted molar refractivity (Wildman–Crippen MR) is 70.7 cm³/mol. The van der Waals surface area contributed by atoms with Gasteiger partial charge in [0.2, 0.25) is 0 Å². The van der Waals surface area contributed by atoms with Gasteiger partial charge in [-0.3, -0.25) is 4.99 Å². The lowest BCUT2D eigenvalue weighted by atomic mass is 10.3. The molecule has 1 aromatic carbocycles. The molecule has 0 saturated carbocycles. The fourth-order valence-corrected chi connectivity index (χ4v) is 2.64. The first-order valence-electron chi connectivity index (χ1n) is 5.66. The van der Waals surface area contributed by atoms with E-state index in [9.17, 15) is 8.78 Å². The zero-order valence-electron chi connectivity index (χ0n) is 9.90. The fourth-order valence-electron chi connectivity index (χ4n) is 1.54. The number of nitrogens with zero attached hydrogens (tertiary/aromatic N) is 1. The Morgan fingerprint density at radius 1 is 1.39 bits per heavy atom. The van der Waals surface area contributed by atoms with Gasteiger partial charge in [0, 0.05) is 11.4 Å². The highest BCUT2D eigenvalue weighted by Crippen LogP contribution is 2.22. The zero-order chi connectivity index (χ0) is 13.0. The summed E-state index contributed by atoms with van der Waals surface area (Å²) in [7, 11) is 0. The molecule has 1 aliphatic rings. The van der Waals surface area contributed by atoms with Gasteiger partial charge in [-0.05, 0) is 37.6 Å². The monoisotopic (exact) mass is 272 g/mol. The number of benzene rings is 1. The van der Waals surface area contributed by atoms with E-state index < -0.39 is 6.61 Å². The first kappa shape index (κ1) is 13.1. The van der Waals surface area contributed by atoms with Crippen LogP contribution < -0.4 is 10.1 Å². The van der Waals surface area contributed by atoms with E-state index in [0.29, 0.717) is 6.04 Å². The van der Waals surface area contributed by atoms with Gasteiger partial charge in [0.05, 0.1) is 6.04 Å². The van der Waals surface area contributed by atoms with Crippen LogP contribution in [0.25, 0.3) is 0 Å². The summed E-state index contributed by atoms with van der Waals surface area (Å²) in [4.78, 5) is 4.47. The molecule has 6 heteroatoms. The van der Waals surface area contributed by atoms with Crippen molar-refractivity contribution in [1.82, 2.24) is 0 Å². The summed E-state index contributed by atoms with van der Waals surface area (Å²) in [5.74, 6) is 1.20. The number of ether oxygens (including phenoxy) is 1. The molecule has 0 bridgehead atoms. The molecule has 1 N–H and O–H groups in total. The van der Waals surface area contributed by atoms with Crippen LogP contribution in [0.4, 0.5) is 14.5 Å². The smallest absolute Gasteiger partial charge is 0.387 e. The van der Waals surface area contributed by atoms with Crippen molar-refractivity contribution in [2.75, 3.05) is 11.1 Å². The van der Waals surface area contributed by atoms with Gasteiger partial charge in [0.15, 0.2) is 5.17 Å². The van der Waals surface area contributed by atoms with Crippen LogP contribution in [0.15, 0.2) is 29.3 Å². The number of hydrogen-bond donors (Lipinski definition) is 1. The van der Waals surface area contributed by atoms with Crippen molar-refractivity contribution in [3.8, 4) is 5.75 Å². The average Bonchev–Trinajstić information content (AvgIpc) is 2.31. The number of rotatable bonds is 3. The molecule has 1 atom stereocenters. The second-order valence-corrected chi connectivity index (χ2v) is 5.03. The molecule has 1 aromatic rings. The normalized spacial score (nSPS) is 19.6. The van der Waals surface area contributed by atoms with Crippen molar-refractivity contribution in [3.63, 3.8) is 0 Å². The molecule has 1 heterocycles. The lowest BCUT2D eigenvalue weighted by Crippen LogP contribution is -2.17. The van der Waals surface area contributed by atoms with Crippen molar-refractivity contribution in [3.05, 3.63) is 24.3 Å². The molecule has 3 nitrogen and oxygen atoms in total. The molecule has 0 saturated heterocycles. The van der Waals surface area contributed by atoms with Gasteiger partial charge >= 0.3 is 6.61 Å². The Hall–Kier alpha value is -1.30. The second kappa shape index (κ2) is 6.04. The summed E-state index contributed by atoms with van der Waals surface area (Å²) in [5.41, 5.74) is 0.817. The van der Waals surface area contributed by atoms with Crippen LogP contribution >= 0.6 is 11.8 Å². The highest BCUT2D eigenvalue weighted by atomic mass is 32.2. The largest absolute Gasteiger partial charge is 0.435 e. The number of hydrogen-bond acceptors (Lipinski definition) is 4. The molecular formula is C12H14F2N2OS. The molecule has 0 amide bonds. The number of alkyl halides is 2. The lowest BCUT2D eigenvalue weighted by Gasteiger charge is -2.17. The topological polar surface area (TPSA) is 33.6 Å². The molecule has 1 unspecified atom stereocenters. The fraction of sp³-hybridized carbons (Fsp3) is 0.417. The van der Waals surface area contributed by atoms with E-state index in [1.807, 2.05) is 0 Å². The number of thioether (sulfide) groups is 1. The van der Waals surface area contributed by atoms with E-state index in [1.165, 1.54) is 12.1 Å². The Balaban J connectivity index is 1.97. The van der Waals surface area contributed by atoms with Gasteiger partial charge in [-0.15, -0.1) is 0 Å². The third kappa shape index (κ3) is 3.87. The van der Waals surface area contributed by atoms with E-state index in [4.69, 9.17) is 0 Å². The van der Waals surface area contributed by atoms with Crippen molar-refractivity contribution in [2.45, 2.75) is 26.0 Å². The third-order valence-electron chi connectivity index (χ3n) is 2.44. The summed E-state index contributed by atoms with van der Waals surface area (Å²) in [5, 5.41) is 4.03. The first-order valence-corrected chi connectivity index (χ1v) is 6.64. The van der Waals surface area contributed by atoms with Crippen LogP contribution in [0.1, 0.15) is 13.3 Å². The Bertz CT molecular complexity index is 423. The van der Waals surface area contributed by atoms with E-state index in [1.54, 1.807) is 23.9 Å². The highest BCUT2D eigenvalue weighted by Gasteiger charge is 2.11.